The molecule has 1 aromatic heterocycles. The highest BCUT2D eigenvalue weighted by Crippen LogP contribution is 2.22. The summed E-state index contributed by atoms with van der Waals surface area (Å²) < 4.78 is 0. The molecule has 2 heterocycles. The number of nitrogens with zero attached hydrogens (tertiary/aromatic N) is 2. The van der Waals surface area contributed by atoms with E-state index in [1.807, 2.05) is 0 Å². The highest BCUT2D eigenvalue weighted by molar-refractivity contribution is 6.30. The van der Waals surface area contributed by atoms with E-state index in [0.717, 1.165) is 30.6 Å². The van der Waals surface area contributed by atoms with Gasteiger partial charge in [-0.3, -0.25) is 4.79 Å². The van der Waals surface area contributed by atoms with Gasteiger partial charge in [-0.1, -0.05) is 24.9 Å². The minimum atomic E-state index is 0.113. The fourth-order valence-electron chi connectivity index (χ4n) is 2.04. The summed E-state index contributed by atoms with van der Waals surface area (Å²) in [6.07, 6.45) is 4.67. The number of carbonyl (C=O) groups is 1. The standard InChI is InChI=1S/C12H17ClN4O/c1-2-3-9-11(13)15-7-16-12(9)17-8-4-5-10(18)14-6-8/h7-8H,2-6H2,1H3,(H,14,18)(H,15,16,17). The number of rotatable bonds is 4. The predicted molar refractivity (Wildman–Crippen MR) is 70.7 cm³/mol. The van der Waals surface area contributed by atoms with E-state index < -0.39 is 0 Å². The van der Waals surface area contributed by atoms with Crippen LogP contribution in [0.15, 0.2) is 6.33 Å². The van der Waals surface area contributed by atoms with Crippen LogP contribution >= 0.6 is 11.6 Å². The van der Waals surface area contributed by atoms with Crippen molar-refractivity contribution in [3.8, 4) is 0 Å². The Bertz CT molecular complexity index is 428. The van der Waals surface area contributed by atoms with Gasteiger partial charge in [0.05, 0.1) is 0 Å². The Morgan fingerprint density at radius 3 is 3.06 bits per heavy atom. The van der Waals surface area contributed by atoms with E-state index in [1.165, 1.54) is 6.33 Å². The van der Waals surface area contributed by atoms with Crippen molar-refractivity contribution in [3.05, 3.63) is 17.0 Å². The molecule has 2 rings (SSSR count). The molecule has 1 aromatic rings. The lowest BCUT2D eigenvalue weighted by Gasteiger charge is -2.25. The first kappa shape index (κ1) is 13.1. The van der Waals surface area contributed by atoms with E-state index >= 15 is 0 Å². The average Bonchev–Trinajstić information content (AvgIpc) is 2.36. The van der Waals surface area contributed by atoms with Crippen LogP contribution in [0.3, 0.4) is 0 Å². The smallest absolute Gasteiger partial charge is 0.220 e. The number of piperidine rings is 1. The van der Waals surface area contributed by atoms with Gasteiger partial charge in [0.15, 0.2) is 0 Å². The lowest BCUT2D eigenvalue weighted by atomic mass is 10.1. The maximum Gasteiger partial charge on any atom is 0.220 e. The highest BCUT2D eigenvalue weighted by Gasteiger charge is 2.19. The highest BCUT2D eigenvalue weighted by atomic mass is 35.5. The molecule has 0 spiro atoms. The second-order valence-electron chi connectivity index (χ2n) is 4.43. The summed E-state index contributed by atoms with van der Waals surface area (Å²) in [5, 5.41) is 6.69. The molecule has 2 N–H and O–H groups in total. The maximum absolute atomic E-state index is 11.1. The first-order chi connectivity index (χ1) is 8.70. The molecule has 1 aliphatic heterocycles. The van der Waals surface area contributed by atoms with Crippen LogP contribution in [0, 0.1) is 0 Å². The average molecular weight is 269 g/mol. The molecule has 6 heteroatoms. The van der Waals surface area contributed by atoms with Gasteiger partial charge in [-0.25, -0.2) is 9.97 Å². The maximum atomic E-state index is 11.1. The summed E-state index contributed by atoms with van der Waals surface area (Å²) in [5.74, 6) is 0.903. The number of anilines is 1. The van der Waals surface area contributed by atoms with E-state index in [2.05, 4.69) is 27.5 Å². The summed E-state index contributed by atoms with van der Waals surface area (Å²) in [6.45, 7) is 2.72. The Kier molecular flexibility index (Phi) is 4.36. The van der Waals surface area contributed by atoms with Crippen LogP contribution in [0.2, 0.25) is 5.15 Å². The number of hydrogen-bond donors (Lipinski definition) is 2. The van der Waals surface area contributed by atoms with Crippen molar-refractivity contribution in [2.45, 2.75) is 38.6 Å². The summed E-state index contributed by atoms with van der Waals surface area (Å²) in [7, 11) is 0. The predicted octanol–water partition coefficient (Wildman–Crippen LogP) is 1.77. The Labute approximate surface area is 111 Å². The second-order valence-corrected chi connectivity index (χ2v) is 4.78. The molecule has 98 valence electrons. The molecule has 0 aliphatic carbocycles. The van der Waals surface area contributed by atoms with Crippen molar-refractivity contribution in [3.63, 3.8) is 0 Å². The quantitative estimate of drug-likeness (QED) is 0.817. The molecule has 1 aliphatic rings. The summed E-state index contributed by atoms with van der Waals surface area (Å²) >= 11 is 6.09. The van der Waals surface area contributed by atoms with Crippen LogP contribution in [0.4, 0.5) is 5.82 Å². The Balaban J connectivity index is 2.08. The molecule has 1 amide bonds. The molecule has 18 heavy (non-hydrogen) atoms. The minimum Gasteiger partial charge on any atom is -0.365 e. The molecule has 1 unspecified atom stereocenters. The number of halogens is 1. The molecule has 0 aromatic carbocycles. The van der Waals surface area contributed by atoms with Crippen molar-refractivity contribution < 1.29 is 4.79 Å². The Morgan fingerprint density at radius 1 is 1.56 bits per heavy atom. The van der Waals surface area contributed by atoms with Crippen molar-refractivity contribution in [2.24, 2.45) is 0 Å². The zero-order valence-corrected chi connectivity index (χ0v) is 11.1. The third-order valence-corrected chi connectivity index (χ3v) is 3.32. The summed E-state index contributed by atoms with van der Waals surface area (Å²) in [5.41, 5.74) is 0.957. The number of amides is 1. The van der Waals surface area contributed by atoms with Gasteiger partial charge in [0, 0.05) is 24.6 Å². The van der Waals surface area contributed by atoms with E-state index in [0.29, 0.717) is 18.1 Å². The molecular weight excluding hydrogens is 252 g/mol. The van der Waals surface area contributed by atoms with Crippen LogP contribution in [0.25, 0.3) is 0 Å². The van der Waals surface area contributed by atoms with Gasteiger partial charge in [0.25, 0.3) is 0 Å². The van der Waals surface area contributed by atoms with Crippen molar-refractivity contribution in [2.75, 3.05) is 11.9 Å². The minimum absolute atomic E-state index is 0.113. The number of carbonyl (C=O) groups excluding carboxylic acids is 1. The van der Waals surface area contributed by atoms with Gasteiger partial charge in [-0.05, 0) is 12.8 Å². The van der Waals surface area contributed by atoms with E-state index in [-0.39, 0.29) is 11.9 Å². The lowest BCUT2D eigenvalue weighted by molar-refractivity contribution is -0.122. The van der Waals surface area contributed by atoms with Crippen LogP contribution in [-0.2, 0) is 11.2 Å². The van der Waals surface area contributed by atoms with Crippen LogP contribution in [0.5, 0.6) is 0 Å². The number of nitrogens with one attached hydrogen (secondary N) is 2. The van der Waals surface area contributed by atoms with Crippen molar-refractivity contribution in [1.82, 2.24) is 15.3 Å². The summed E-state index contributed by atoms with van der Waals surface area (Å²) in [4.78, 5) is 19.4. The molecule has 0 saturated carbocycles. The SMILES string of the molecule is CCCc1c(Cl)ncnc1NC1CCC(=O)NC1. The first-order valence-electron chi connectivity index (χ1n) is 6.23. The first-order valence-corrected chi connectivity index (χ1v) is 6.61. The molecule has 5 nitrogen and oxygen atoms in total. The number of hydrogen-bond acceptors (Lipinski definition) is 4. The van der Waals surface area contributed by atoms with Crippen LogP contribution < -0.4 is 10.6 Å². The zero-order valence-electron chi connectivity index (χ0n) is 10.4. The molecule has 1 saturated heterocycles. The number of aromatic nitrogens is 2. The van der Waals surface area contributed by atoms with Gasteiger partial charge >= 0.3 is 0 Å². The van der Waals surface area contributed by atoms with Crippen molar-refractivity contribution in [1.29, 1.82) is 0 Å². The van der Waals surface area contributed by atoms with Crippen LogP contribution in [0.1, 0.15) is 31.7 Å². The normalized spacial score (nSPS) is 19.4. The van der Waals surface area contributed by atoms with Gasteiger partial charge in [-0.15, -0.1) is 0 Å². The lowest BCUT2D eigenvalue weighted by Crippen LogP contribution is -2.42. The summed E-state index contributed by atoms with van der Waals surface area (Å²) in [6, 6.07) is 0.212. The fraction of sp³-hybridized carbons (Fsp3) is 0.583. The Morgan fingerprint density at radius 2 is 2.39 bits per heavy atom. The van der Waals surface area contributed by atoms with Crippen LogP contribution in [-0.4, -0.2) is 28.5 Å². The van der Waals surface area contributed by atoms with Gasteiger partial charge in [0.1, 0.15) is 17.3 Å². The molecular formula is C12H17ClN4O. The Hall–Kier alpha value is -1.36. The van der Waals surface area contributed by atoms with Gasteiger partial charge in [-0.2, -0.15) is 0 Å². The monoisotopic (exact) mass is 268 g/mol. The molecule has 1 fully saturated rings. The third-order valence-electron chi connectivity index (χ3n) is 3.00. The zero-order chi connectivity index (χ0) is 13.0. The van der Waals surface area contributed by atoms with Gasteiger partial charge < -0.3 is 10.6 Å². The molecule has 1 atom stereocenters. The largest absolute Gasteiger partial charge is 0.365 e. The molecule has 0 bridgehead atoms. The van der Waals surface area contributed by atoms with E-state index in [1.54, 1.807) is 0 Å². The van der Waals surface area contributed by atoms with Gasteiger partial charge in [0.2, 0.25) is 5.91 Å². The topological polar surface area (TPSA) is 66.9 Å². The second kappa shape index (κ2) is 6.00. The van der Waals surface area contributed by atoms with E-state index in [4.69, 9.17) is 11.6 Å². The third kappa shape index (κ3) is 3.10. The fourth-order valence-corrected chi connectivity index (χ4v) is 2.26. The van der Waals surface area contributed by atoms with E-state index in [9.17, 15) is 4.79 Å². The van der Waals surface area contributed by atoms with Crippen molar-refractivity contribution >= 4 is 23.3 Å². The molecule has 0 radical (unpaired) electrons.